The SMILES string of the molecule is CCC(CC)C(=O)/C=C(\O)C(CC)CC.[Ir].[c-]1c2ccccc2cc2c1c1nccc3[se]c4cccc(c4c31)n2-c1ccccc1. The van der Waals surface area contributed by atoms with Gasteiger partial charge in [0.05, 0.1) is 5.76 Å². The number of hydrogen-bond acceptors (Lipinski definition) is 3. The first-order valence-electron chi connectivity index (χ1n) is 16.0. The Labute approximate surface area is 290 Å². The molecule has 3 aromatic heterocycles. The van der Waals surface area contributed by atoms with E-state index in [1.54, 1.807) is 0 Å². The van der Waals surface area contributed by atoms with Crippen molar-refractivity contribution in [2.24, 2.45) is 11.8 Å². The summed E-state index contributed by atoms with van der Waals surface area (Å²) in [5, 5.41) is 15.8. The molecule has 0 saturated carbocycles. The molecule has 0 saturated heterocycles. The zero-order valence-electron chi connectivity index (χ0n) is 26.7. The van der Waals surface area contributed by atoms with Gasteiger partial charge >= 0.3 is 179 Å². The number of allylic oxidation sites excluding steroid dienone is 2. The Morgan fingerprint density at radius 2 is 1.50 bits per heavy atom. The summed E-state index contributed by atoms with van der Waals surface area (Å²) < 4.78 is 5.24. The number of carbonyl (C=O) groups excluding carboxylic acids is 1. The summed E-state index contributed by atoms with van der Waals surface area (Å²) in [6.07, 6.45) is 6.87. The third kappa shape index (κ3) is 6.37. The molecule has 0 spiro atoms. The number of benzene rings is 4. The van der Waals surface area contributed by atoms with Crippen molar-refractivity contribution < 1.29 is 30.0 Å². The number of rotatable bonds is 8. The molecule has 6 heteroatoms. The minimum absolute atomic E-state index is 0. The summed E-state index contributed by atoms with van der Waals surface area (Å²) in [5.74, 6) is 0.547. The molecule has 237 valence electrons. The van der Waals surface area contributed by atoms with Crippen molar-refractivity contribution in [1.82, 2.24) is 9.55 Å². The quantitative estimate of drug-likeness (QED) is 0.0717. The van der Waals surface area contributed by atoms with Gasteiger partial charge < -0.3 is 5.11 Å². The number of carbonyl (C=O) groups is 1. The van der Waals surface area contributed by atoms with Gasteiger partial charge in [-0.1, -0.05) is 27.7 Å². The van der Waals surface area contributed by atoms with Crippen molar-refractivity contribution in [3.63, 3.8) is 0 Å². The summed E-state index contributed by atoms with van der Waals surface area (Å²) in [6, 6.07) is 34.1. The zero-order chi connectivity index (χ0) is 31.5. The molecule has 7 aromatic rings. The Bertz CT molecular complexity index is 2150. The summed E-state index contributed by atoms with van der Waals surface area (Å²) in [4.78, 5) is 16.6. The molecule has 1 N–H and O–H groups in total. The van der Waals surface area contributed by atoms with Gasteiger partial charge in [0.2, 0.25) is 0 Å². The van der Waals surface area contributed by atoms with Gasteiger partial charge in [-0.15, -0.1) is 0 Å². The van der Waals surface area contributed by atoms with Crippen LogP contribution in [0.15, 0.2) is 103 Å². The first kappa shape index (κ1) is 33.8. The number of fused-ring (bicyclic) bond motifs is 3. The van der Waals surface area contributed by atoms with E-state index in [0.717, 1.165) is 53.2 Å². The number of ketones is 1. The average Bonchev–Trinajstić information content (AvgIpc) is 3.41. The Morgan fingerprint density at radius 3 is 2.22 bits per heavy atom. The maximum absolute atomic E-state index is 11.7. The van der Waals surface area contributed by atoms with E-state index < -0.39 is 0 Å². The van der Waals surface area contributed by atoms with Gasteiger partial charge in [0.25, 0.3) is 0 Å². The summed E-state index contributed by atoms with van der Waals surface area (Å²) in [7, 11) is 0. The van der Waals surface area contributed by atoms with Gasteiger partial charge in [-0.05, 0) is 25.7 Å². The molecule has 0 aliphatic rings. The van der Waals surface area contributed by atoms with Crippen LogP contribution < -0.4 is 0 Å². The fraction of sp³-hybridized carbons (Fsp3) is 0.250. The fourth-order valence-corrected chi connectivity index (χ4v) is 8.75. The number of aliphatic hydroxyl groups excluding tert-OH is 1. The van der Waals surface area contributed by atoms with Crippen molar-refractivity contribution in [2.75, 3.05) is 0 Å². The van der Waals surface area contributed by atoms with Crippen LogP contribution in [0.5, 0.6) is 0 Å². The van der Waals surface area contributed by atoms with Crippen LogP contribution in [0.2, 0.25) is 0 Å². The number of aliphatic hydroxyl groups is 1. The van der Waals surface area contributed by atoms with Crippen LogP contribution in [0.3, 0.4) is 0 Å². The number of aromatic nitrogens is 2. The van der Waals surface area contributed by atoms with Gasteiger partial charge in [-0.3, -0.25) is 4.79 Å². The van der Waals surface area contributed by atoms with Gasteiger partial charge in [0, 0.05) is 38.0 Å². The molecule has 46 heavy (non-hydrogen) atoms. The first-order valence-corrected chi connectivity index (χ1v) is 17.7. The topological polar surface area (TPSA) is 55.1 Å². The number of para-hydroxylation sites is 1. The summed E-state index contributed by atoms with van der Waals surface area (Å²) in [5.41, 5.74) is 4.58. The molecule has 0 aliphatic carbocycles. The average molecular weight is 851 g/mol. The first-order chi connectivity index (χ1) is 22.0. The van der Waals surface area contributed by atoms with E-state index in [-0.39, 0.29) is 43.5 Å². The molecule has 0 fully saturated rings. The van der Waals surface area contributed by atoms with E-state index in [1.807, 2.05) is 33.9 Å². The molecule has 0 atom stereocenters. The van der Waals surface area contributed by atoms with Crippen LogP contribution in [-0.2, 0) is 24.9 Å². The molecule has 1 radical (unpaired) electrons. The van der Waals surface area contributed by atoms with Crippen LogP contribution in [0.1, 0.15) is 53.4 Å². The van der Waals surface area contributed by atoms with Crippen molar-refractivity contribution in [1.29, 1.82) is 0 Å². The van der Waals surface area contributed by atoms with Crippen LogP contribution in [0.4, 0.5) is 0 Å². The van der Waals surface area contributed by atoms with Gasteiger partial charge in [-0.25, -0.2) is 0 Å². The Hall–Kier alpha value is -3.53. The second-order valence-corrected chi connectivity index (χ2v) is 13.8. The molecular weight excluding hydrogens is 812 g/mol. The van der Waals surface area contributed by atoms with Crippen LogP contribution in [0.25, 0.3) is 57.7 Å². The van der Waals surface area contributed by atoms with Gasteiger partial charge in [-0.2, -0.15) is 0 Å². The molecule has 0 unspecified atom stereocenters. The molecule has 4 nitrogen and oxygen atoms in total. The van der Waals surface area contributed by atoms with E-state index in [2.05, 4.69) is 95.6 Å². The number of hydrogen-bond donors (Lipinski definition) is 1. The minimum atomic E-state index is 0. The standard InChI is InChI=1S/C27H15N2Se.C13H24O2.Ir/c1-2-9-19(10-3-1)29-21-11-6-12-23-25(21)26-24(30-23)13-14-28-27(26)20-15-17-7-4-5-8-18(17)16-22(20)29;1-5-10(6-2)12(14)9-13(15)11(7-3)8-4;/h1-14,16H;9-11,14H,5-8H2,1-4H3;/q-1;;/b;12-9-;. The van der Waals surface area contributed by atoms with Crippen molar-refractivity contribution in [3.8, 4) is 5.69 Å². The molecule has 0 aliphatic heterocycles. The monoisotopic (exact) mass is 852 g/mol. The van der Waals surface area contributed by atoms with Crippen molar-refractivity contribution in [2.45, 2.75) is 53.4 Å². The molecule has 0 bridgehead atoms. The van der Waals surface area contributed by atoms with E-state index in [9.17, 15) is 9.90 Å². The van der Waals surface area contributed by atoms with E-state index in [4.69, 9.17) is 4.98 Å². The summed E-state index contributed by atoms with van der Waals surface area (Å²) >= 11 is 0.301. The van der Waals surface area contributed by atoms with Crippen LogP contribution in [0, 0.1) is 17.9 Å². The maximum atomic E-state index is 11.7. The van der Waals surface area contributed by atoms with Crippen molar-refractivity contribution >= 4 is 72.3 Å². The third-order valence-electron chi connectivity index (χ3n) is 8.97. The summed E-state index contributed by atoms with van der Waals surface area (Å²) in [6.45, 7) is 8.07. The molecular formula is C40H39IrN2O2Se-. The number of nitrogens with zero attached hydrogens (tertiary/aromatic N) is 2. The third-order valence-corrected chi connectivity index (χ3v) is 11.3. The van der Waals surface area contributed by atoms with Gasteiger partial charge in [0.1, 0.15) is 0 Å². The second-order valence-electron chi connectivity index (χ2n) is 11.6. The van der Waals surface area contributed by atoms with E-state index >= 15 is 0 Å². The zero-order valence-corrected chi connectivity index (χ0v) is 30.8. The molecule has 4 aromatic carbocycles. The normalized spacial score (nSPS) is 11.9. The second kappa shape index (κ2) is 14.9. The van der Waals surface area contributed by atoms with Crippen LogP contribution in [-0.4, -0.2) is 34.9 Å². The van der Waals surface area contributed by atoms with Gasteiger partial charge in [0.15, 0.2) is 5.78 Å². The predicted molar refractivity (Wildman–Crippen MR) is 191 cm³/mol. The van der Waals surface area contributed by atoms with E-state index in [1.165, 1.54) is 36.3 Å². The molecule has 3 heterocycles. The molecule has 0 amide bonds. The Kier molecular flexibility index (Phi) is 11.0. The fourth-order valence-electron chi connectivity index (χ4n) is 6.40. The Balaban J connectivity index is 0.000000225. The van der Waals surface area contributed by atoms with Crippen molar-refractivity contribution in [3.05, 3.63) is 109 Å². The van der Waals surface area contributed by atoms with E-state index in [0.29, 0.717) is 14.5 Å². The number of pyridine rings is 1. The predicted octanol–water partition coefficient (Wildman–Crippen LogP) is 10.4. The molecule has 7 rings (SSSR count). The van der Waals surface area contributed by atoms with Crippen LogP contribution >= 0.6 is 0 Å². The Morgan fingerprint density at radius 1 is 0.826 bits per heavy atom.